The van der Waals surface area contributed by atoms with Crippen LogP contribution >= 0.6 is 0 Å². The Balaban J connectivity index is 0.0000000909. The van der Waals surface area contributed by atoms with E-state index in [9.17, 15) is 57.5 Å². The molecular formula is C120H168O25. The van der Waals surface area contributed by atoms with E-state index in [0.29, 0.717) is 276 Å². The van der Waals surface area contributed by atoms with Gasteiger partial charge in [-0.1, -0.05) is 62.3 Å². The number of carbonyl (C=O) groups is 12. The normalized spacial score (nSPS) is 51.8. The predicted octanol–water partition coefficient (Wildman–Crippen LogP) is 17.4. The molecule has 58 unspecified atom stereocenters. The number of cyclic esters (lactones) is 6. The van der Waals surface area contributed by atoms with E-state index in [4.69, 9.17) is 61.6 Å². The molecule has 0 aromatic heterocycles. The summed E-state index contributed by atoms with van der Waals surface area (Å²) >= 11 is 0. The van der Waals surface area contributed by atoms with Crippen molar-refractivity contribution in [1.82, 2.24) is 0 Å². The second-order valence-electron chi connectivity index (χ2n) is 56.6. The van der Waals surface area contributed by atoms with Crippen LogP contribution in [0.25, 0.3) is 0 Å². The van der Waals surface area contributed by atoms with Gasteiger partial charge in [0.1, 0.15) is 36.6 Å². The number of rotatable bonds is 19. The molecule has 58 atom stereocenters. The van der Waals surface area contributed by atoms with Gasteiger partial charge < -0.3 is 61.6 Å². The molecule has 6 aliphatic heterocycles. The predicted molar refractivity (Wildman–Crippen MR) is 522 cm³/mol. The molecule has 0 spiro atoms. The van der Waals surface area contributed by atoms with Crippen LogP contribution in [0.3, 0.4) is 0 Å². The summed E-state index contributed by atoms with van der Waals surface area (Å²) < 4.78 is 74.2. The molecule has 0 N–H and O–H groups in total. The Morgan fingerprint density at radius 2 is 0.469 bits per heavy atom. The maximum absolute atomic E-state index is 12.7. The Bertz CT molecular complexity index is 5180. The zero-order chi connectivity index (χ0) is 101. The fraction of sp³-hybridized carbons (Fsp3) is 0.900. The van der Waals surface area contributed by atoms with Crippen molar-refractivity contribution in [1.29, 1.82) is 0 Å². The molecule has 25 nitrogen and oxygen atoms in total. The van der Waals surface area contributed by atoms with Crippen LogP contribution in [0.2, 0.25) is 0 Å². The number of hydrogen-bond acceptors (Lipinski definition) is 25. The lowest BCUT2D eigenvalue weighted by Crippen LogP contribution is -2.50. The first-order valence-corrected chi connectivity index (χ1v) is 59.1. The van der Waals surface area contributed by atoms with Crippen LogP contribution in [0, 0.1) is 323 Å². The van der Waals surface area contributed by atoms with Gasteiger partial charge in [-0.2, -0.15) is 0 Å². The van der Waals surface area contributed by atoms with E-state index in [1.165, 1.54) is 64.2 Å². The lowest BCUT2D eigenvalue weighted by Gasteiger charge is -2.44. The summed E-state index contributed by atoms with van der Waals surface area (Å²) in [6.07, 6.45) is 23.8. The SMILES string of the molecule is CCC(C)(C)C(=O)OC1C(C)C2CC1C1C3CC(C4COC(=O)C43)C21.CCC(C)(C)C(=O)OC1C2CC(C1OC)C1C3CC(C4C(=O)OCC34)C21.CCC(C)(C)C(=O)OC1CC2CC1C1C3CC(C4C(=O)OCC34)C21.CCC(C)(C)C(=O)OC1CC2CC1C1C3CC(C4COC(=O)C43)C21.CCC(C)C(=O)OC1CC2CC1C1C3CC(C4C(=O)OCC34)C21.CCC(C)C(=O)OC1CC2CC1C1C3CC(C4COC(=O)C43)C21. The van der Waals surface area contributed by atoms with Crippen LogP contribution in [0.1, 0.15) is 259 Å². The average Bonchev–Trinajstić information content (AvgIpc) is 1.44. The molecule has 30 aliphatic rings. The third-order valence-electron chi connectivity index (χ3n) is 50.8. The van der Waals surface area contributed by atoms with Gasteiger partial charge in [0.05, 0.1) is 115 Å². The number of esters is 12. The van der Waals surface area contributed by atoms with E-state index in [2.05, 4.69) is 6.92 Å². The number of fused-ring (bicyclic) bond motifs is 72. The first-order chi connectivity index (χ1) is 69.3. The zero-order valence-electron chi connectivity index (χ0n) is 89.5. The standard InChI is InChI=1S/C21H30O5.C21H30O4.2C20H28O4.2C19H26O4/c1-5-21(2,3)20(23)26-18-12-7-11(17(18)24-4)14-9-6-10(15(12)14)16-13(9)8-25-19(16)22;1-5-21(3,4)20(23)25-18-9(2)10-6-13(18)16-12-7-11(15(10)16)14-8-24-19(22)17(12)14;1-4-20(2,3)19(22)24-14-6-9-5-11(14)16-10-7-12(15(9)16)17-13(10)8-23-18(17)21;1-4-20(2,3)19(22)24-14-6-9-5-11(14)16-12-7-10(15(9)16)13-8-23-18(21)17(12)13;1-3-8(2)18(20)23-14-5-9-4-11(14)16-10-6-12(15(9)16)17-13(10)7-22-19(17)21;1-3-8(2)18(20)23-14-5-9-4-11(14)16-12-6-10(15(9)16)13-7-22-19(21)17(12)13/h9-18H,5-8H2,1-4H3;9-18H,5-8H2,1-4H3;2*9-17H,4-8H2,1-3H3;2*8-17H,3-7H2,1-2H3. The van der Waals surface area contributed by atoms with Gasteiger partial charge in [-0.15, -0.1) is 0 Å². The van der Waals surface area contributed by atoms with Gasteiger partial charge in [-0.25, -0.2) is 0 Å². The topological polar surface area (TPSA) is 325 Å². The Kier molecular flexibility index (Phi) is 24.4. The minimum Gasteiger partial charge on any atom is -0.465 e. The average molecular weight is 2010 g/mol. The quantitative estimate of drug-likeness (QED) is 0.0658. The molecule has 30 fully saturated rings. The van der Waals surface area contributed by atoms with Crippen molar-refractivity contribution in [3.8, 4) is 0 Å². The zero-order valence-corrected chi connectivity index (χ0v) is 89.5. The fourth-order valence-electron chi connectivity index (χ4n) is 43.3. The molecule has 24 saturated carbocycles. The highest BCUT2D eigenvalue weighted by Gasteiger charge is 2.80. The summed E-state index contributed by atoms with van der Waals surface area (Å²) in [5.41, 5.74) is -1.65. The summed E-state index contributed by atoms with van der Waals surface area (Å²) in [4.78, 5) is 148. The molecule has 798 valence electrons. The van der Waals surface area contributed by atoms with Crippen LogP contribution in [0.5, 0.6) is 0 Å². The van der Waals surface area contributed by atoms with E-state index in [-0.39, 0.29) is 167 Å². The Morgan fingerprint density at radius 3 is 0.759 bits per heavy atom. The number of ether oxygens (including phenoxy) is 13. The molecule has 145 heavy (non-hydrogen) atoms. The van der Waals surface area contributed by atoms with E-state index in [1.54, 1.807) is 7.11 Å². The van der Waals surface area contributed by atoms with Crippen molar-refractivity contribution in [3.05, 3.63) is 0 Å². The third kappa shape index (κ3) is 14.5. The highest BCUT2D eigenvalue weighted by Crippen LogP contribution is 2.80. The minimum atomic E-state index is -0.464. The van der Waals surface area contributed by atoms with E-state index in [0.717, 1.165) is 94.8 Å². The molecule has 0 amide bonds. The number of methoxy groups -OCH3 is 1. The molecule has 6 heterocycles. The van der Waals surface area contributed by atoms with Gasteiger partial charge in [-0.05, 0) is 410 Å². The fourth-order valence-corrected chi connectivity index (χ4v) is 43.3. The van der Waals surface area contributed by atoms with E-state index in [1.807, 2.05) is 111 Å². The number of hydrogen-bond donors (Lipinski definition) is 0. The van der Waals surface area contributed by atoms with Crippen LogP contribution in [-0.2, 0) is 119 Å². The van der Waals surface area contributed by atoms with E-state index < -0.39 is 16.2 Å². The molecule has 25 heteroatoms. The molecule has 24 aliphatic carbocycles. The Hall–Kier alpha value is -6.40. The van der Waals surface area contributed by atoms with E-state index >= 15 is 0 Å². The Labute approximate surface area is 857 Å². The first kappa shape index (κ1) is 99.3. The summed E-state index contributed by atoms with van der Waals surface area (Å²) in [6, 6.07) is 0. The van der Waals surface area contributed by atoms with Crippen LogP contribution in [0.4, 0.5) is 0 Å². The largest absolute Gasteiger partial charge is 0.465 e. The van der Waals surface area contributed by atoms with Crippen molar-refractivity contribution >= 4 is 71.6 Å². The summed E-state index contributed by atoms with van der Waals surface area (Å²) in [7, 11) is 1.75. The van der Waals surface area contributed by atoms with Crippen LogP contribution in [-0.4, -0.2) is 161 Å². The second kappa shape index (κ2) is 35.6. The molecule has 0 aromatic rings. The smallest absolute Gasteiger partial charge is 0.311 e. The minimum absolute atomic E-state index is 0.000793. The van der Waals surface area contributed by atoms with Crippen LogP contribution < -0.4 is 0 Å². The van der Waals surface area contributed by atoms with Crippen molar-refractivity contribution in [2.75, 3.05) is 46.8 Å². The maximum atomic E-state index is 12.7. The van der Waals surface area contributed by atoms with Crippen molar-refractivity contribution in [2.24, 2.45) is 323 Å². The molecule has 6 saturated heterocycles. The van der Waals surface area contributed by atoms with Gasteiger partial charge in [0.15, 0.2) is 0 Å². The highest BCUT2D eigenvalue weighted by molar-refractivity contribution is 5.82. The molecular weight excluding hydrogens is 1840 g/mol. The van der Waals surface area contributed by atoms with Crippen molar-refractivity contribution in [3.63, 3.8) is 0 Å². The first-order valence-electron chi connectivity index (χ1n) is 59.1. The summed E-state index contributed by atoms with van der Waals surface area (Å²) in [6.45, 7) is 38.1. The van der Waals surface area contributed by atoms with Gasteiger partial charge in [0, 0.05) is 48.5 Å². The number of carbonyl (C=O) groups excluding carboxylic acids is 12. The highest BCUT2D eigenvalue weighted by atomic mass is 16.6. The monoisotopic (exact) mass is 2010 g/mol. The maximum Gasteiger partial charge on any atom is 0.311 e. The van der Waals surface area contributed by atoms with Gasteiger partial charge in [0.2, 0.25) is 0 Å². The second-order valence-corrected chi connectivity index (χ2v) is 56.6. The summed E-state index contributed by atoms with van der Waals surface area (Å²) in [5.74, 6) is 25.9. The Morgan fingerprint density at radius 1 is 0.255 bits per heavy atom. The van der Waals surface area contributed by atoms with Crippen molar-refractivity contribution < 1.29 is 119 Å². The third-order valence-corrected chi connectivity index (χ3v) is 50.8. The molecule has 30 rings (SSSR count). The summed E-state index contributed by atoms with van der Waals surface area (Å²) in [5, 5.41) is 0. The molecule has 0 aromatic carbocycles. The van der Waals surface area contributed by atoms with Crippen LogP contribution in [0.15, 0.2) is 0 Å². The van der Waals surface area contributed by atoms with Gasteiger partial charge in [-0.3, -0.25) is 57.5 Å². The van der Waals surface area contributed by atoms with Crippen molar-refractivity contribution in [2.45, 2.75) is 302 Å². The lowest BCUT2D eigenvalue weighted by atomic mass is 9.61. The lowest BCUT2D eigenvalue weighted by molar-refractivity contribution is -0.178. The van der Waals surface area contributed by atoms with Gasteiger partial charge >= 0.3 is 71.6 Å². The van der Waals surface area contributed by atoms with Gasteiger partial charge in [0.25, 0.3) is 0 Å². The molecule has 24 bridgehead atoms. The molecule has 0 radical (unpaired) electrons.